The van der Waals surface area contributed by atoms with Crippen molar-refractivity contribution in [3.05, 3.63) is 22.4 Å². The Morgan fingerprint density at radius 2 is 2.13 bits per heavy atom. The lowest BCUT2D eigenvalue weighted by Gasteiger charge is -2.21. The molecule has 0 radical (unpaired) electrons. The smallest absolute Gasteiger partial charge is 0.211 e. The van der Waals surface area contributed by atoms with Crippen molar-refractivity contribution in [2.24, 2.45) is 4.99 Å². The maximum atomic E-state index is 11.4. The number of aliphatic imine (C=N–C) groups is 1. The summed E-state index contributed by atoms with van der Waals surface area (Å²) in [5.41, 5.74) is 0. The van der Waals surface area contributed by atoms with Crippen molar-refractivity contribution in [2.75, 3.05) is 39.0 Å². The number of likely N-dealkylation sites (N-methyl/N-ethyl adjacent to an activating group) is 1. The van der Waals surface area contributed by atoms with Crippen LogP contribution < -0.4 is 10.0 Å². The van der Waals surface area contributed by atoms with Gasteiger partial charge in [0.05, 0.1) is 12.3 Å². The second kappa shape index (κ2) is 12.0. The van der Waals surface area contributed by atoms with E-state index >= 15 is 0 Å². The van der Waals surface area contributed by atoms with Gasteiger partial charge in [-0.15, -0.1) is 35.3 Å². The van der Waals surface area contributed by atoms with Crippen LogP contribution in [0.25, 0.3) is 0 Å². The third-order valence-electron chi connectivity index (χ3n) is 3.05. The largest absolute Gasteiger partial charge is 0.357 e. The first-order chi connectivity index (χ1) is 10.5. The summed E-state index contributed by atoms with van der Waals surface area (Å²) in [6.45, 7) is 6.03. The SMILES string of the molecule is CCNC(=NCCNS(=O)(=O)CC)N(C)CCc1cccs1.I. The van der Waals surface area contributed by atoms with E-state index in [0.29, 0.717) is 13.1 Å². The standard InChI is InChI=1S/C14H26N4O2S2.HI/c1-4-15-14(16-9-10-17-22(19,20)5-2)18(3)11-8-13-7-6-12-21-13;/h6-7,12,17H,4-5,8-11H2,1-3H3,(H,15,16);1H. The molecule has 1 aromatic rings. The van der Waals surface area contributed by atoms with Crippen LogP contribution >= 0.6 is 35.3 Å². The third kappa shape index (κ3) is 9.48. The first-order valence-corrected chi connectivity index (χ1v) is 10.0. The van der Waals surface area contributed by atoms with Gasteiger partial charge in [0.25, 0.3) is 0 Å². The summed E-state index contributed by atoms with van der Waals surface area (Å²) in [6.07, 6.45) is 0.973. The fraction of sp³-hybridized carbons (Fsp3) is 0.643. The van der Waals surface area contributed by atoms with Gasteiger partial charge in [-0.2, -0.15) is 0 Å². The Balaban J connectivity index is 0.00000484. The number of halogens is 1. The summed E-state index contributed by atoms with van der Waals surface area (Å²) in [4.78, 5) is 7.87. The van der Waals surface area contributed by atoms with E-state index in [0.717, 1.165) is 25.5 Å². The molecule has 0 fully saturated rings. The summed E-state index contributed by atoms with van der Waals surface area (Å²) >= 11 is 1.75. The molecule has 0 aliphatic carbocycles. The van der Waals surface area contributed by atoms with E-state index in [1.54, 1.807) is 18.3 Å². The Morgan fingerprint density at radius 1 is 1.39 bits per heavy atom. The molecular weight excluding hydrogens is 447 g/mol. The molecule has 134 valence electrons. The highest BCUT2D eigenvalue weighted by Crippen LogP contribution is 2.09. The van der Waals surface area contributed by atoms with Crippen LogP contribution in [0.2, 0.25) is 0 Å². The molecule has 0 aliphatic rings. The Hall–Kier alpha value is -0.390. The van der Waals surface area contributed by atoms with Gasteiger partial charge in [0.1, 0.15) is 0 Å². The molecule has 9 heteroatoms. The minimum atomic E-state index is -3.14. The molecular formula is C14H27IN4O2S2. The van der Waals surface area contributed by atoms with Gasteiger partial charge in [-0.25, -0.2) is 13.1 Å². The molecule has 0 amide bonds. The maximum Gasteiger partial charge on any atom is 0.211 e. The molecule has 1 heterocycles. The van der Waals surface area contributed by atoms with Gasteiger partial charge < -0.3 is 10.2 Å². The lowest BCUT2D eigenvalue weighted by atomic mass is 10.3. The molecule has 0 unspecified atom stereocenters. The number of nitrogens with one attached hydrogen (secondary N) is 2. The molecule has 0 spiro atoms. The molecule has 0 bridgehead atoms. The summed E-state index contributed by atoms with van der Waals surface area (Å²) in [6, 6.07) is 4.18. The normalized spacial score (nSPS) is 11.9. The van der Waals surface area contributed by atoms with Gasteiger partial charge in [0.15, 0.2) is 5.96 Å². The molecule has 1 rings (SSSR count). The average molecular weight is 474 g/mol. The van der Waals surface area contributed by atoms with Crippen molar-refractivity contribution >= 4 is 51.3 Å². The fourth-order valence-electron chi connectivity index (χ4n) is 1.77. The van der Waals surface area contributed by atoms with Crippen molar-refractivity contribution in [1.82, 2.24) is 14.9 Å². The van der Waals surface area contributed by atoms with Crippen LogP contribution in [0.4, 0.5) is 0 Å². The summed E-state index contributed by atoms with van der Waals surface area (Å²) in [7, 11) is -1.15. The second-order valence-corrected chi connectivity index (χ2v) is 7.91. The minimum absolute atomic E-state index is 0. The monoisotopic (exact) mass is 474 g/mol. The van der Waals surface area contributed by atoms with Crippen molar-refractivity contribution in [2.45, 2.75) is 20.3 Å². The van der Waals surface area contributed by atoms with E-state index in [4.69, 9.17) is 0 Å². The van der Waals surface area contributed by atoms with E-state index in [9.17, 15) is 8.42 Å². The predicted molar refractivity (Wildman–Crippen MR) is 110 cm³/mol. The minimum Gasteiger partial charge on any atom is -0.357 e. The number of sulfonamides is 1. The number of nitrogens with zero attached hydrogens (tertiary/aromatic N) is 2. The first kappa shape index (κ1) is 22.6. The van der Waals surface area contributed by atoms with E-state index in [-0.39, 0.29) is 29.7 Å². The molecule has 0 aromatic carbocycles. The lowest BCUT2D eigenvalue weighted by molar-refractivity contribution is 0.486. The van der Waals surface area contributed by atoms with Crippen LogP contribution in [0.15, 0.2) is 22.5 Å². The Morgan fingerprint density at radius 3 is 2.70 bits per heavy atom. The lowest BCUT2D eigenvalue weighted by Crippen LogP contribution is -2.40. The molecule has 6 nitrogen and oxygen atoms in total. The number of guanidine groups is 1. The Bertz CT molecular complexity index is 547. The highest BCUT2D eigenvalue weighted by molar-refractivity contribution is 14.0. The van der Waals surface area contributed by atoms with Crippen molar-refractivity contribution < 1.29 is 8.42 Å². The number of hydrogen-bond acceptors (Lipinski definition) is 4. The van der Waals surface area contributed by atoms with E-state index in [2.05, 4.69) is 37.4 Å². The fourth-order valence-corrected chi connectivity index (χ4v) is 3.08. The van der Waals surface area contributed by atoms with Crippen molar-refractivity contribution in [3.63, 3.8) is 0 Å². The number of thiophene rings is 1. The van der Waals surface area contributed by atoms with Crippen LogP contribution in [-0.4, -0.2) is 58.3 Å². The van der Waals surface area contributed by atoms with Crippen molar-refractivity contribution in [3.8, 4) is 0 Å². The van der Waals surface area contributed by atoms with Crippen LogP contribution in [0.5, 0.6) is 0 Å². The summed E-state index contributed by atoms with van der Waals surface area (Å²) < 4.78 is 25.2. The second-order valence-electron chi connectivity index (χ2n) is 4.78. The molecule has 23 heavy (non-hydrogen) atoms. The highest BCUT2D eigenvalue weighted by Gasteiger charge is 2.07. The summed E-state index contributed by atoms with van der Waals surface area (Å²) in [5.74, 6) is 0.895. The quantitative estimate of drug-likeness (QED) is 0.248. The zero-order chi connectivity index (χ0) is 16.4. The average Bonchev–Trinajstić information content (AvgIpc) is 3.01. The number of hydrogen-bond donors (Lipinski definition) is 2. The van der Waals surface area contributed by atoms with Crippen LogP contribution in [0.1, 0.15) is 18.7 Å². The maximum absolute atomic E-state index is 11.4. The molecule has 1 aromatic heterocycles. The predicted octanol–water partition coefficient (Wildman–Crippen LogP) is 1.75. The van der Waals surface area contributed by atoms with Crippen LogP contribution in [0.3, 0.4) is 0 Å². The van der Waals surface area contributed by atoms with Gasteiger partial charge >= 0.3 is 0 Å². The van der Waals surface area contributed by atoms with Crippen molar-refractivity contribution in [1.29, 1.82) is 0 Å². The Kier molecular flexibility index (Phi) is 11.8. The van der Waals surface area contributed by atoms with E-state index < -0.39 is 10.0 Å². The first-order valence-electron chi connectivity index (χ1n) is 7.47. The van der Waals surface area contributed by atoms with Gasteiger partial charge in [-0.1, -0.05) is 6.07 Å². The van der Waals surface area contributed by atoms with Crippen LogP contribution in [-0.2, 0) is 16.4 Å². The van der Waals surface area contributed by atoms with E-state index in [1.165, 1.54) is 4.88 Å². The molecule has 0 atom stereocenters. The zero-order valence-corrected chi connectivity index (χ0v) is 17.9. The van der Waals surface area contributed by atoms with Gasteiger partial charge in [0.2, 0.25) is 10.0 Å². The topological polar surface area (TPSA) is 73.8 Å². The van der Waals surface area contributed by atoms with Gasteiger partial charge in [0, 0.05) is 31.6 Å². The zero-order valence-electron chi connectivity index (χ0n) is 13.9. The molecule has 2 N–H and O–H groups in total. The number of rotatable bonds is 9. The molecule has 0 saturated heterocycles. The summed E-state index contributed by atoms with van der Waals surface area (Å²) in [5, 5.41) is 5.30. The van der Waals surface area contributed by atoms with Gasteiger partial charge in [-0.05, 0) is 31.7 Å². The third-order valence-corrected chi connectivity index (χ3v) is 5.39. The molecule has 0 aliphatic heterocycles. The van der Waals surface area contributed by atoms with Gasteiger partial charge in [-0.3, -0.25) is 4.99 Å². The van der Waals surface area contributed by atoms with Crippen LogP contribution in [0, 0.1) is 0 Å². The highest BCUT2D eigenvalue weighted by atomic mass is 127. The van der Waals surface area contributed by atoms with E-state index in [1.807, 2.05) is 14.0 Å². The Labute approximate surface area is 160 Å². The molecule has 0 saturated carbocycles.